The molecule has 0 bridgehead atoms. The molecule has 0 fully saturated rings. The van der Waals surface area contributed by atoms with Gasteiger partial charge in [0, 0.05) is 0 Å². The van der Waals surface area contributed by atoms with Crippen molar-refractivity contribution in [1.29, 1.82) is 0 Å². The van der Waals surface area contributed by atoms with E-state index in [2.05, 4.69) is 0 Å². The fourth-order valence-electron chi connectivity index (χ4n) is 0. The third-order valence-electron chi connectivity index (χ3n) is 0. The molecule has 0 unspecified atom stereocenters. The van der Waals surface area contributed by atoms with Crippen LogP contribution in [0.15, 0.2) is 0 Å². The summed E-state index contributed by atoms with van der Waals surface area (Å²) in [4.78, 5) is 0. The summed E-state index contributed by atoms with van der Waals surface area (Å²) in [5.41, 5.74) is 0. The van der Waals surface area contributed by atoms with Gasteiger partial charge in [-0.15, -0.1) is 0 Å². The van der Waals surface area contributed by atoms with Crippen LogP contribution in [0.2, 0.25) is 0 Å². The number of hydrogen-bond acceptors (Lipinski definition) is 0. The van der Waals surface area contributed by atoms with E-state index in [1.165, 1.54) is 0 Å². The first-order chi connectivity index (χ1) is 1.73. The molecule has 0 nitrogen and oxygen atoms in total. The molecule has 0 spiro atoms. The maximum absolute atomic E-state index is 9.58. The summed E-state index contributed by atoms with van der Waals surface area (Å²) in [5.74, 6) is 0. The molecule has 0 rings (SSSR count). The molecule has 5 heavy (non-hydrogen) atoms. The first-order valence-electron chi connectivity index (χ1n) is 0.567. The van der Waals surface area contributed by atoms with Crippen molar-refractivity contribution in [1.82, 2.24) is 0 Å². The van der Waals surface area contributed by atoms with Crippen LogP contribution in [0.5, 0.6) is 0 Å². The minimum atomic E-state index is -3.08. The predicted molar refractivity (Wildman–Crippen MR) is 6.57 cm³/mol. The smallest absolute Gasteiger partial charge is 0.385 e. The van der Waals surface area contributed by atoms with Crippen LogP contribution in [0.4, 0.5) is 13.2 Å². The first-order valence-corrected chi connectivity index (χ1v) is 0.567. The van der Waals surface area contributed by atoms with Crippen LogP contribution in [0.1, 0.15) is 0 Å². The second-order valence-corrected chi connectivity index (χ2v) is 0.214. The van der Waals surface area contributed by atoms with E-state index >= 15 is 0 Å². The van der Waals surface area contributed by atoms with E-state index in [1.54, 1.807) is 0 Å². The van der Waals surface area contributed by atoms with Gasteiger partial charge in [0.1, 0.15) is 0 Å². The average Bonchev–Trinajstić information content (AvgIpc) is 0.811. The SMILES string of the molecule is F[C-](F)F.[Ce+3]. The predicted octanol–water partition coefficient (Wildman–Crippen LogP) is 1.34. The quantitative estimate of drug-likeness (QED) is 0.528. The normalized spacial score (nSPS) is 7.20. The third kappa shape index (κ3) is 38.1. The number of halogens is 3. The summed E-state index contributed by atoms with van der Waals surface area (Å²) >= 11 is 0. The fourth-order valence-corrected chi connectivity index (χ4v) is 0. The molecule has 0 aliphatic carbocycles. The van der Waals surface area contributed by atoms with Crippen molar-refractivity contribution in [2.45, 2.75) is 0 Å². The van der Waals surface area contributed by atoms with E-state index in [1.807, 2.05) is 0 Å². The summed E-state index contributed by atoms with van der Waals surface area (Å²) in [5, 5.41) is 0. The summed E-state index contributed by atoms with van der Waals surface area (Å²) in [6.07, 6.45) is 0. The Balaban J connectivity index is 0. The molecular weight excluding hydrogens is 209 g/mol. The largest absolute Gasteiger partial charge is 3.00 e. The van der Waals surface area contributed by atoms with Crippen molar-refractivity contribution >= 4 is 0 Å². The van der Waals surface area contributed by atoms with E-state index in [-0.39, 0.29) is 41.7 Å². The summed E-state index contributed by atoms with van der Waals surface area (Å²) in [6, 6.07) is 0. The molecule has 0 saturated heterocycles. The monoisotopic (exact) mass is 209 g/mol. The van der Waals surface area contributed by atoms with Crippen LogP contribution in [-0.4, -0.2) is 0 Å². The third-order valence-corrected chi connectivity index (χ3v) is 0. The zero-order valence-electron chi connectivity index (χ0n) is 2.13. The fraction of sp³-hybridized carbons (Fsp3) is 0. The van der Waals surface area contributed by atoms with Crippen molar-refractivity contribution in [3.63, 3.8) is 0 Å². The Bertz CT molecular complexity index is 11.6. The van der Waals surface area contributed by atoms with Crippen molar-refractivity contribution in [3.8, 4) is 0 Å². The van der Waals surface area contributed by atoms with Gasteiger partial charge in [0.05, 0.1) is 0 Å². The summed E-state index contributed by atoms with van der Waals surface area (Å²) in [6.45, 7) is -3.08. The van der Waals surface area contributed by atoms with E-state index in [0.29, 0.717) is 0 Å². The number of hydrogen-bond donors (Lipinski definition) is 0. The number of rotatable bonds is 0. The second kappa shape index (κ2) is 5.17. The van der Waals surface area contributed by atoms with Crippen LogP contribution in [0.25, 0.3) is 0 Å². The van der Waals surface area contributed by atoms with Crippen LogP contribution in [-0.2, 0) is 0 Å². The molecule has 0 aromatic rings. The van der Waals surface area contributed by atoms with Gasteiger partial charge >= 0.3 is 41.7 Å². The molecule has 0 heterocycles. The van der Waals surface area contributed by atoms with E-state index in [4.69, 9.17) is 0 Å². The zero-order valence-corrected chi connectivity index (χ0v) is 5.27. The average molecular weight is 209 g/mol. The van der Waals surface area contributed by atoms with Gasteiger partial charge in [0.15, 0.2) is 6.68 Å². The summed E-state index contributed by atoms with van der Waals surface area (Å²) < 4.78 is 28.8. The Labute approximate surface area is 61.1 Å². The standard InChI is InChI=1S/CF3.Ce/c2-1(3)4;/q-1;+3. The van der Waals surface area contributed by atoms with Crippen LogP contribution >= 0.6 is 0 Å². The summed E-state index contributed by atoms with van der Waals surface area (Å²) in [7, 11) is 0. The Morgan fingerprint density at radius 1 is 1.00 bits per heavy atom. The molecule has 0 aromatic heterocycles. The first kappa shape index (κ1) is 9.48. The zero-order chi connectivity index (χ0) is 3.58. The second-order valence-electron chi connectivity index (χ2n) is 0.214. The maximum atomic E-state index is 9.58. The maximum Gasteiger partial charge on any atom is 3.00 e. The Kier molecular flexibility index (Phi) is 9.80. The minimum absolute atomic E-state index is 0. The van der Waals surface area contributed by atoms with Crippen LogP contribution in [0.3, 0.4) is 0 Å². The van der Waals surface area contributed by atoms with Gasteiger partial charge in [0.25, 0.3) is 0 Å². The molecule has 27 valence electrons. The van der Waals surface area contributed by atoms with Crippen molar-refractivity contribution < 1.29 is 54.9 Å². The van der Waals surface area contributed by atoms with E-state index in [0.717, 1.165) is 0 Å². The van der Waals surface area contributed by atoms with Crippen molar-refractivity contribution in [3.05, 3.63) is 6.68 Å². The van der Waals surface area contributed by atoms with Crippen LogP contribution < -0.4 is 0 Å². The molecule has 0 amide bonds. The van der Waals surface area contributed by atoms with Gasteiger partial charge in [-0.1, -0.05) is 0 Å². The van der Waals surface area contributed by atoms with Gasteiger partial charge < -0.3 is 13.2 Å². The molecule has 0 aliphatic rings. The van der Waals surface area contributed by atoms with Gasteiger partial charge in [0.2, 0.25) is 0 Å². The van der Waals surface area contributed by atoms with Crippen molar-refractivity contribution in [2.75, 3.05) is 0 Å². The van der Waals surface area contributed by atoms with E-state index < -0.39 is 6.68 Å². The Morgan fingerprint density at radius 3 is 1.00 bits per heavy atom. The molecule has 1 radical (unpaired) electrons. The Morgan fingerprint density at radius 2 is 1.00 bits per heavy atom. The van der Waals surface area contributed by atoms with E-state index in [9.17, 15) is 13.2 Å². The molecule has 0 atom stereocenters. The molecule has 0 saturated carbocycles. The molecule has 0 aliphatic heterocycles. The Hall–Kier alpha value is 1.17. The van der Waals surface area contributed by atoms with Crippen molar-refractivity contribution in [2.24, 2.45) is 0 Å². The minimum Gasteiger partial charge on any atom is -0.385 e. The van der Waals surface area contributed by atoms with Gasteiger partial charge in [-0.05, 0) is 0 Å². The van der Waals surface area contributed by atoms with Gasteiger partial charge in [-0.2, -0.15) is 0 Å². The van der Waals surface area contributed by atoms with Gasteiger partial charge in [-0.25, -0.2) is 0 Å². The van der Waals surface area contributed by atoms with Gasteiger partial charge in [-0.3, -0.25) is 0 Å². The molecule has 0 N–H and O–H groups in total. The molecule has 0 aromatic carbocycles. The topological polar surface area (TPSA) is 0 Å². The molecular formula is CCeF3+2. The van der Waals surface area contributed by atoms with Crippen LogP contribution in [0, 0.1) is 48.4 Å². The molecule has 4 heteroatoms.